The number of aromatic hydroxyl groups is 2. The van der Waals surface area contributed by atoms with Gasteiger partial charge in [0, 0.05) is 5.39 Å². The first-order valence-electron chi connectivity index (χ1n) is 4.27. The molecule has 15 heavy (non-hydrogen) atoms. The van der Waals surface area contributed by atoms with E-state index in [9.17, 15) is 15.0 Å². The molecule has 2 aromatic rings. The predicted octanol–water partition coefficient (Wildman–Crippen LogP) is 1.95. The number of rotatable bonds is 1. The Hall–Kier alpha value is -2.23. The lowest BCUT2D eigenvalue weighted by molar-refractivity contribution is 0.0696. The molecule has 4 nitrogen and oxygen atoms in total. The van der Waals surface area contributed by atoms with Crippen LogP contribution in [0.2, 0.25) is 0 Å². The van der Waals surface area contributed by atoms with E-state index in [-0.39, 0.29) is 17.1 Å². The van der Waals surface area contributed by atoms with Gasteiger partial charge in [0.15, 0.2) is 0 Å². The van der Waals surface area contributed by atoms with Crippen molar-refractivity contribution >= 4 is 16.7 Å². The lowest BCUT2D eigenvalue weighted by Crippen LogP contribution is -1.95. The zero-order valence-corrected chi connectivity index (χ0v) is 7.64. The average Bonchev–Trinajstić information content (AvgIpc) is 2.18. The molecule has 0 atom stereocenters. The summed E-state index contributed by atoms with van der Waals surface area (Å²) in [6.07, 6.45) is 0. The Morgan fingerprint density at radius 3 is 2.47 bits per heavy atom. The van der Waals surface area contributed by atoms with Gasteiger partial charge in [-0.25, -0.2) is 4.79 Å². The SMILES string of the molecule is O=C(O)c1cc(O)c2cc(O)ccc2c1. The molecule has 0 heterocycles. The second-order valence-electron chi connectivity index (χ2n) is 3.21. The summed E-state index contributed by atoms with van der Waals surface area (Å²) < 4.78 is 0. The molecular formula is C11H8O4. The number of benzene rings is 2. The van der Waals surface area contributed by atoms with Gasteiger partial charge in [-0.05, 0) is 29.7 Å². The van der Waals surface area contributed by atoms with E-state index in [0.29, 0.717) is 10.8 Å². The van der Waals surface area contributed by atoms with Crippen LogP contribution in [0.15, 0.2) is 30.3 Å². The molecule has 0 aliphatic carbocycles. The Balaban J connectivity index is 2.78. The smallest absolute Gasteiger partial charge is 0.335 e. The minimum atomic E-state index is -1.10. The quantitative estimate of drug-likeness (QED) is 0.663. The zero-order valence-electron chi connectivity index (χ0n) is 7.64. The molecule has 2 rings (SSSR count). The average molecular weight is 204 g/mol. The molecule has 0 amide bonds. The topological polar surface area (TPSA) is 77.8 Å². The molecule has 0 bridgehead atoms. The minimum Gasteiger partial charge on any atom is -0.508 e. The van der Waals surface area contributed by atoms with Gasteiger partial charge in [-0.2, -0.15) is 0 Å². The number of phenolic OH excluding ortho intramolecular Hbond substituents is 2. The summed E-state index contributed by atoms with van der Waals surface area (Å²) >= 11 is 0. The molecule has 0 saturated heterocycles. The highest BCUT2D eigenvalue weighted by molar-refractivity contribution is 5.97. The third-order valence-corrected chi connectivity index (χ3v) is 2.16. The summed E-state index contributed by atoms with van der Waals surface area (Å²) in [5.41, 5.74) is 0.0192. The number of hydrogen-bond donors (Lipinski definition) is 3. The highest BCUT2D eigenvalue weighted by Crippen LogP contribution is 2.29. The molecule has 0 aliphatic rings. The third kappa shape index (κ3) is 1.57. The van der Waals surface area contributed by atoms with E-state index in [2.05, 4.69) is 0 Å². The molecule has 0 radical (unpaired) electrons. The normalized spacial score (nSPS) is 10.4. The fraction of sp³-hybridized carbons (Fsp3) is 0. The van der Waals surface area contributed by atoms with Gasteiger partial charge in [-0.15, -0.1) is 0 Å². The van der Waals surface area contributed by atoms with E-state index in [0.717, 1.165) is 6.07 Å². The van der Waals surface area contributed by atoms with Gasteiger partial charge in [0.2, 0.25) is 0 Å². The molecule has 0 saturated carbocycles. The van der Waals surface area contributed by atoms with Gasteiger partial charge in [-0.1, -0.05) is 6.07 Å². The Morgan fingerprint density at radius 1 is 1.07 bits per heavy atom. The van der Waals surface area contributed by atoms with Crippen molar-refractivity contribution in [1.82, 2.24) is 0 Å². The summed E-state index contributed by atoms with van der Waals surface area (Å²) in [5.74, 6) is -1.22. The minimum absolute atomic E-state index is 0.0192. The monoisotopic (exact) mass is 204 g/mol. The lowest BCUT2D eigenvalue weighted by atomic mass is 10.1. The summed E-state index contributed by atoms with van der Waals surface area (Å²) in [5, 5.41) is 28.5. The largest absolute Gasteiger partial charge is 0.508 e. The van der Waals surface area contributed by atoms with Crippen molar-refractivity contribution in [3.8, 4) is 11.5 Å². The molecule has 3 N–H and O–H groups in total. The van der Waals surface area contributed by atoms with Crippen molar-refractivity contribution in [3.63, 3.8) is 0 Å². The van der Waals surface area contributed by atoms with Crippen molar-refractivity contribution in [3.05, 3.63) is 35.9 Å². The molecule has 4 heteroatoms. The first-order chi connectivity index (χ1) is 7.08. The number of carboxylic acids is 1. The maximum absolute atomic E-state index is 10.7. The first kappa shape index (κ1) is 9.33. The maximum Gasteiger partial charge on any atom is 0.335 e. The van der Waals surface area contributed by atoms with E-state index in [1.165, 1.54) is 18.2 Å². The number of hydrogen-bond acceptors (Lipinski definition) is 3. The number of carboxylic acid groups (broad SMARTS) is 1. The van der Waals surface area contributed by atoms with Gasteiger partial charge >= 0.3 is 5.97 Å². The number of fused-ring (bicyclic) bond motifs is 1. The van der Waals surface area contributed by atoms with Crippen LogP contribution >= 0.6 is 0 Å². The van der Waals surface area contributed by atoms with Crippen molar-refractivity contribution < 1.29 is 20.1 Å². The molecule has 76 valence electrons. The van der Waals surface area contributed by atoms with E-state index >= 15 is 0 Å². The van der Waals surface area contributed by atoms with Crippen LogP contribution in [0.4, 0.5) is 0 Å². The number of aromatic carboxylic acids is 1. The summed E-state index contributed by atoms with van der Waals surface area (Å²) in [4.78, 5) is 10.7. The van der Waals surface area contributed by atoms with Crippen molar-refractivity contribution in [2.75, 3.05) is 0 Å². The van der Waals surface area contributed by atoms with Gasteiger partial charge in [0.05, 0.1) is 5.56 Å². The molecule has 0 aromatic heterocycles. The van der Waals surface area contributed by atoms with E-state index in [4.69, 9.17) is 5.11 Å². The van der Waals surface area contributed by atoms with E-state index < -0.39 is 5.97 Å². The third-order valence-electron chi connectivity index (χ3n) is 2.16. The maximum atomic E-state index is 10.7. The number of phenols is 2. The fourth-order valence-electron chi connectivity index (χ4n) is 1.45. The molecular weight excluding hydrogens is 196 g/mol. The van der Waals surface area contributed by atoms with Gasteiger partial charge in [0.1, 0.15) is 11.5 Å². The van der Waals surface area contributed by atoms with Crippen LogP contribution in [0.3, 0.4) is 0 Å². The first-order valence-corrected chi connectivity index (χ1v) is 4.27. The molecule has 0 aliphatic heterocycles. The Morgan fingerprint density at radius 2 is 1.80 bits per heavy atom. The van der Waals surface area contributed by atoms with Crippen LogP contribution in [0, 0.1) is 0 Å². The second kappa shape index (κ2) is 3.16. The van der Waals surface area contributed by atoms with E-state index in [1.807, 2.05) is 0 Å². The summed E-state index contributed by atoms with van der Waals surface area (Å²) in [6, 6.07) is 6.97. The van der Waals surface area contributed by atoms with Crippen molar-refractivity contribution in [2.24, 2.45) is 0 Å². The van der Waals surface area contributed by atoms with Crippen molar-refractivity contribution in [2.45, 2.75) is 0 Å². The lowest BCUT2D eigenvalue weighted by Gasteiger charge is -2.03. The molecule has 0 spiro atoms. The van der Waals surface area contributed by atoms with Crippen molar-refractivity contribution in [1.29, 1.82) is 0 Å². The van der Waals surface area contributed by atoms with Crippen LogP contribution in [-0.4, -0.2) is 21.3 Å². The van der Waals surface area contributed by atoms with Gasteiger partial charge < -0.3 is 15.3 Å². The fourth-order valence-corrected chi connectivity index (χ4v) is 1.45. The Labute approximate surface area is 85.0 Å². The molecule has 0 unspecified atom stereocenters. The van der Waals surface area contributed by atoms with Crippen LogP contribution < -0.4 is 0 Å². The highest BCUT2D eigenvalue weighted by atomic mass is 16.4. The zero-order chi connectivity index (χ0) is 11.0. The standard InChI is InChI=1S/C11H8O4/c12-8-2-1-6-3-7(11(14)15)4-10(13)9(6)5-8/h1-5,12-13H,(H,14,15). The second-order valence-corrected chi connectivity index (χ2v) is 3.21. The van der Waals surface area contributed by atoms with Crippen LogP contribution in [-0.2, 0) is 0 Å². The van der Waals surface area contributed by atoms with Gasteiger partial charge in [-0.3, -0.25) is 0 Å². The highest BCUT2D eigenvalue weighted by Gasteiger charge is 2.08. The van der Waals surface area contributed by atoms with Gasteiger partial charge in [0.25, 0.3) is 0 Å². The summed E-state index contributed by atoms with van der Waals surface area (Å²) in [7, 11) is 0. The van der Waals surface area contributed by atoms with Crippen LogP contribution in [0.25, 0.3) is 10.8 Å². The Kier molecular flexibility index (Phi) is 1.97. The Bertz CT molecular complexity index is 546. The van der Waals surface area contributed by atoms with Crippen LogP contribution in [0.5, 0.6) is 11.5 Å². The van der Waals surface area contributed by atoms with Crippen LogP contribution in [0.1, 0.15) is 10.4 Å². The van der Waals surface area contributed by atoms with E-state index in [1.54, 1.807) is 6.07 Å². The molecule has 2 aromatic carbocycles. The molecule has 0 fully saturated rings. The summed E-state index contributed by atoms with van der Waals surface area (Å²) in [6.45, 7) is 0. The predicted molar refractivity (Wildman–Crippen MR) is 54.2 cm³/mol. The number of carbonyl (C=O) groups is 1.